The third-order valence-corrected chi connectivity index (χ3v) is 1.91. The predicted octanol–water partition coefficient (Wildman–Crippen LogP) is 1.97. The van der Waals surface area contributed by atoms with Crippen LogP contribution in [0.4, 0.5) is 22.0 Å². The number of hydrogen-bond donors (Lipinski definition) is 2. The fourth-order valence-corrected chi connectivity index (χ4v) is 1.00. The van der Waals surface area contributed by atoms with Crippen LogP contribution in [0.5, 0.6) is 0 Å². The molecule has 1 aromatic heterocycles. The molecule has 0 saturated carbocycles. The maximum Gasteiger partial charge on any atom is 0.455 e. The van der Waals surface area contributed by atoms with Gasteiger partial charge in [0, 0.05) is 0 Å². The van der Waals surface area contributed by atoms with Crippen LogP contribution in [0.25, 0.3) is 0 Å². The standard InChI is InChI=1S/C8H8F5NO2/c9-7(10,8(11,12)13)6(14)5-2-1-4(3-15)16-5/h1-2,6,15H,3,14H2/t6-/m1/s1. The average molecular weight is 245 g/mol. The van der Waals surface area contributed by atoms with Crippen molar-refractivity contribution in [3.05, 3.63) is 23.7 Å². The summed E-state index contributed by atoms with van der Waals surface area (Å²) in [5, 5.41) is 8.55. The van der Waals surface area contributed by atoms with Crippen LogP contribution in [0.15, 0.2) is 16.5 Å². The van der Waals surface area contributed by atoms with Gasteiger partial charge >= 0.3 is 12.1 Å². The monoisotopic (exact) mass is 245 g/mol. The van der Waals surface area contributed by atoms with E-state index >= 15 is 0 Å². The molecule has 1 heterocycles. The molecular weight excluding hydrogens is 237 g/mol. The van der Waals surface area contributed by atoms with Gasteiger partial charge in [-0.05, 0) is 12.1 Å². The Hall–Kier alpha value is -1.15. The van der Waals surface area contributed by atoms with Crippen molar-refractivity contribution in [1.82, 2.24) is 0 Å². The molecule has 0 aliphatic heterocycles. The lowest BCUT2D eigenvalue weighted by molar-refractivity contribution is -0.292. The van der Waals surface area contributed by atoms with Crippen LogP contribution in [-0.4, -0.2) is 17.2 Å². The van der Waals surface area contributed by atoms with Crippen LogP contribution in [-0.2, 0) is 6.61 Å². The smallest absolute Gasteiger partial charge is 0.455 e. The van der Waals surface area contributed by atoms with Gasteiger partial charge in [0.15, 0.2) is 0 Å². The summed E-state index contributed by atoms with van der Waals surface area (Å²) in [6.07, 6.45) is -5.75. The van der Waals surface area contributed by atoms with Crippen molar-refractivity contribution in [2.45, 2.75) is 24.7 Å². The van der Waals surface area contributed by atoms with E-state index in [1.165, 1.54) is 0 Å². The SMILES string of the molecule is N[C@H](c1ccc(CO)o1)C(F)(F)C(F)(F)F. The molecule has 0 aliphatic rings. The normalized spacial score (nSPS) is 15.2. The summed E-state index contributed by atoms with van der Waals surface area (Å²) in [5.74, 6) is -5.95. The number of alkyl halides is 5. The summed E-state index contributed by atoms with van der Waals surface area (Å²) >= 11 is 0. The van der Waals surface area contributed by atoms with Crippen molar-refractivity contribution in [2.75, 3.05) is 0 Å². The van der Waals surface area contributed by atoms with E-state index < -0.39 is 30.5 Å². The van der Waals surface area contributed by atoms with Crippen molar-refractivity contribution in [2.24, 2.45) is 5.73 Å². The number of furan rings is 1. The van der Waals surface area contributed by atoms with Gasteiger partial charge in [-0.25, -0.2) is 0 Å². The van der Waals surface area contributed by atoms with Crippen molar-refractivity contribution >= 4 is 0 Å². The number of aliphatic hydroxyl groups excluding tert-OH is 1. The Balaban J connectivity index is 2.97. The second kappa shape index (κ2) is 4.02. The van der Waals surface area contributed by atoms with Crippen LogP contribution in [0.3, 0.4) is 0 Å². The number of aliphatic hydroxyl groups is 1. The molecule has 0 radical (unpaired) electrons. The van der Waals surface area contributed by atoms with Gasteiger partial charge in [-0.15, -0.1) is 0 Å². The number of rotatable bonds is 3. The highest BCUT2D eigenvalue weighted by Gasteiger charge is 2.62. The molecule has 8 heteroatoms. The van der Waals surface area contributed by atoms with Crippen LogP contribution in [0, 0.1) is 0 Å². The summed E-state index contributed by atoms with van der Waals surface area (Å²) in [5.41, 5.74) is 4.78. The van der Waals surface area contributed by atoms with Gasteiger partial charge in [0.25, 0.3) is 0 Å². The zero-order valence-corrected chi connectivity index (χ0v) is 7.76. The first kappa shape index (κ1) is 12.9. The summed E-state index contributed by atoms with van der Waals surface area (Å²) in [6.45, 7) is -0.607. The molecule has 0 unspecified atom stereocenters. The topological polar surface area (TPSA) is 59.4 Å². The van der Waals surface area contributed by atoms with Crippen LogP contribution in [0.2, 0.25) is 0 Å². The Labute approximate surface area is 86.6 Å². The van der Waals surface area contributed by atoms with Crippen LogP contribution < -0.4 is 5.73 Å². The van der Waals surface area contributed by atoms with Crippen molar-refractivity contribution in [3.63, 3.8) is 0 Å². The number of hydrogen-bond acceptors (Lipinski definition) is 3. The minimum absolute atomic E-state index is 0.136. The van der Waals surface area contributed by atoms with E-state index in [0.717, 1.165) is 12.1 Å². The molecule has 0 spiro atoms. The first-order valence-electron chi connectivity index (χ1n) is 4.09. The maximum absolute atomic E-state index is 12.8. The fraction of sp³-hybridized carbons (Fsp3) is 0.500. The fourth-order valence-electron chi connectivity index (χ4n) is 1.00. The van der Waals surface area contributed by atoms with Gasteiger partial charge < -0.3 is 15.3 Å². The summed E-state index contributed by atoms with van der Waals surface area (Å²) in [4.78, 5) is 0. The van der Waals surface area contributed by atoms with Crippen LogP contribution >= 0.6 is 0 Å². The second-order valence-corrected chi connectivity index (χ2v) is 3.06. The molecular formula is C8H8F5NO2. The van der Waals surface area contributed by atoms with Crippen molar-refractivity contribution in [3.8, 4) is 0 Å². The first-order chi connectivity index (χ1) is 7.20. The molecule has 0 amide bonds. The Morgan fingerprint density at radius 3 is 2.19 bits per heavy atom. The van der Waals surface area contributed by atoms with E-state index in [1.807, 2.05) is 0 Å². The summed E-state index contributed by atoms with van der Waals surface area (Å²) in [6, 6.07) is -0.690. The second-order valence-electron chi connectivity index (χ2n) is 3.06. The van der Waals surface area contributed by atoms with E-state index in [-0.39, 0.29) is 5.76 Å². The van der Waals surface area contributed by atoms with E-state index in [1.54, 1.807) is 0 Å². The molecule has 0 bridgehead atoms. The van der Waals surface area contributed by atoms with Gasteiger partial charge in [0.1, 0.15) is 24.2 Å². The van der Waals surface area contributed by atoms with E-state index in [2.05, 4.69) is 4.42 Å². The molecule has 1 atom stereocenters. The highest BCUT2D eigenvalue weighted by molar-refractivity contribution is 5.13. The van der Waals surface area contributed by atoms with E-state index in [9.17, 15) is 22.0 Å². The molecule has 0 saturated heterocycles. The molecule has 0 fully saturated rings. The molecule has 1 rings (SSSR count). The van der Waals surface area contributed by atoms with Gasteiger partial charge in [-0.1, -0.05) is 0 Å². The highest BCUT2D eigenvalue weighted by atomic mass is 19.4. The van der Waals surface area contributed by atoms with E-state index in [4.69, 9.17) is 10.8 Å². The lowest BCUT2D eigenvalue weighted by atomic mass is 10.1. The number of halogens is 5. The molecule has 92 valence electrons. The third kappa shape index (κ3) is 2.17. The Morgan fingerprint density at radius 2 is 1.81 bits per heavy atom. The first-order valence-corrected chi connectivity index (χ1v) is 4.09. The summed E-state index contributed by atoms with van der Waals surface area (Å²) in [7, 11) is 0. The average Bonchev–Trinajstić information content (AvgIpc) is 2.62. The maximum atomic E-state index is 12.8. The van der Waals surface area contributed by atoms with E-state index in [0.29, 0.717) is 0 Å². The number of nitrogens with two attached hydrogens (primary N) is 1. The minimum Gasteiger partial charge on any atom is -0.462 e. The van der Waals surface area contributed by atoms with Crippen LogP contribution in [0.1, 0.15) is 17.6 Å². The van der Waals surface area contributed by atoms with Crippen molar-refractivity contribution < 1.29 is 31.5 Å². The molecule has 16 heavy (non-hydrogen) atoms. The lowest BCUT2D eigenvalue weighted by Gasteiger charge is -2.24. The summed E-state index contributed by atoms with van der Waals surface area (Å²) < 4.78 is 65.8. The van der Waals surface area contributed by atoms with Gasteiger partial charge in [-0.2, -0.15) is 22.0 Å². The highest BCUT2D eigenvalue weighted by Crippen LogP contribution is 2.43. The Morgan fingerprint density at radius 1 is 1.25 bits per heavy atom. The molecule has 3 N–H and O–H groups in total. The van der Waals surface area contributed by atoms with Gasteiger partial charge in [-0.3, -0.25) is 0 Å². The third-order valence-electron chi connectivity index (χ3n) is 1.91. The molecule has 3 nitrogen and oxygen atoms in total. The molecule has 0 aliphatic carbocycles. The predicted molar refractivity (Wildman–Crippen MR) is 42.6 cm³/mol. The molecule has 1 aromatic rings. The quantitative estimate of drug-likeness (QED) is 0.800. The minimum atomic E-state index is -5.75. The Kier molecular flexibility index (Phi) is 3.25. The Bertz CT molecular complexity index is 360. The largest absolute Gasteiger partial charge is 0.462 e. The molecule has 0 aromatic carbocycles. The van der Waals surface area contributed by atoms with Crippen molar-refractivity contribution in [1.29, 1.82) is 0 Å². The lowest BCUT2D eigenvalue weighted by Crippen LogP contribution is -2.45. The zero-order valence-electron chi connectivity index (χ0n) is 7.76. The zero-order chi connectivity index (χ0) is 12.6. The van der Waals surface area contributed by atoms with Gasteiger partial charge in [0.05, 0.1) is 0 Å². The van der Waals surface area contributed by atoms with Gasteiger partial charge in [0.2, 0.25) is 0 Å².